The number of urea groups is 1. The summed E-state index contributed by atoms with van der Waals surface area (Å²) in [6.45, 7) is 7.27. The molecule has 10 nitrogen and oxygen atoms in total. The molecule has 0 spiro atoms. The lowest BCUT2D eigenvalue weighted by molar-refractivity contribution is -0.146. The molecule has 10 heteroatoms. The van der Waals surface area contributed by atoms with E-state index >= 15 is 0 Å². The summed E-state index contributed by atoms with van der Waals surface area (Å²) < 4.78 is 5.40. The van der Waals surface area contributed by atoms with Crippen LogP contribution in [-0.4, -0.2) is 76.3 Å². The van der Waals surface area contributed by atoms with Gasteiger partial charge < -0.3 is 14.5 Å². The molecule has 3 fully saturated rings. The minimum atomic E-state index is -0.587. The fourth-order valence-corrected chi connectivity index (χ4v) is 4.48. The van der Waals surface area contributed by atoms with Crippen LogP contribution < -0.4 is 5.48 Å². The lowest BCUT2D eigenvalue weighted by atomic mass is 10.0. The molecule has 186 valence electrons. The molecule has 0 saturated carbocycles. The van der Waals surface area contributed by atoms with Crippen LogP contribution in [0.4, 0.5) is 9.59 Å². The number of amides is 4. The first-order valence-electron chi connectivity index (χ1n) is 11.9. The first kappa shape index (κ1) is 24.3. The molecule has 3 aliphatic rings. The lowest BCUT2D eigenvalue weighted by Gasteiger charge is -2.34. The van der Waals surface area contributed by atoms with Gasteiger partial charge in [-0.05, 0) is 52.0 Å². The van der Waals surface area contributed by atoms with Gasteiger partial charge in [-0.25, -0.2) is 15.1 Å². The van der Waals surface area contributed by atoms with Crippen molar-refractivity contribution in [1.29, 1.82) is 0 Å². The Balaban J connectivity index is 1.22. The standard InChI is InChI=1S/C24H34N4O6/c1-24(2,3)33-23(31)26-13-11-19(12-14-26)34-25-21(29)20-10-9-18-15-27(20)22(30)28(18)32-16-17-7-5-4-6-8-17/h4-8,18-20H,9-16H2,1-3H3,(H,25,29)/t18-,20+/m1/s1. The minimum absolute atomic E-state index is 0.0571. The van der Waals surface area contributed by atoms with Gasteiger partial charge in [0.1, 0.15) is 18.2 Å². The van der Waals surface area contributed by atoms with Gasteiger partial charge in [0.2, 0.25) is 0 Å². The SMILES string of the molecule is CC(C)(C)OC(=O)N1CCC(ONC(=O)[C@@H]2CC[C@@H]3CN2C(=O)N3OCc2ccccc2)CC1. The second-order valence-corrected chi connectivity index (χ2v) is 10.0. The molecule has 4 amide bonds. The van der Waals surface area contributed by atoms with Gasteiger partial charge in [-0.1, -0.05) is 30.3 Å². The zero-order chi connectivity index (χ0) is 24.3. The number of hydrogen-bond acceptors (Lipinski definition) is 6. The number of nitrogens with zero attached hydrogens (tertiary/aromatic N) is 3. The summed E-state index contributed by atoms with van der Waals surface area (Å²) in [6.07, 6.45) is 1.89. The highest BCUT2D eigenvalue weighted by Crippen LogP contribution is 2.30. The summed E-state index contributed by atoms with van der Waals surface area (Å²) in [5.41, 5.74) is 3.00. The summed E-state index contributed by atoms with van der Waals surface area (Å²) in [5.74, 6) is -0.328. The number of carbonyl (C=O) groups is 3. The van der Waals surface area contributed by atoms with Gasteiger partial charge in [-0.3, -0.25) is 14.5 Å². The van der Waals surface area contributed by atoms with Gasteiger partial charge in [0.05, 0.1) is 12.1 Å². The van der Waals surface area contributed by atoms with Crippen LogP contribution in [0.15, 0.2) is 30.3 Å². The van der Waals surface area contributed by atoms with Crippen LogP contribution >= 0.6 is 0 Å². The molecule has 3 heterocycles. The molecular weight excluding hydrogens is 440 g/mol. The van der Waals surface area contributed by atoms with Crippen molar-refractivity contribution in [2.24, 2.45) is 0 Å². The Morgan fingerprint density at radius 3 is 2.44 bits per heavy atom. The molecular formula is C24H34N4O6. The summed E-state index contributed by atoms with van der Waals surface area (Å²) in [5, 5.41) is 1.41. The molecule has 3 aliphatic heterocycles. The number of likely N-dealkylation sites (tertiary alicyclic amines) is 1. The van der Waals surface area contributed by atoms with Gasteiger partial charge in [-0.2, -0.15) is 5.06 Å². The number of ether oxygens (including phenoxy) is 1. The van der Waals surface area contributed by atoms with E-state index in [-0.39, 0.29) is 30.2 Å². The summed E-state index contributed by atoms with van der Waals surface area (Å²) in [4.78, 5) is 52.5. The van der Waals surface area contributed by atoms with Crippen molar-refractivity contribution < 1.29 is 28.8 Å². The lowest BCUT2D eigenvalue weighted by Crippen LogP contribution is -2.51. The Morgan fingerprint density at radius 1 is 1.06 bits per heavy atom. The van der Waals surface area contributed by atoms with Crippen molar-refractivity contribution in [3.05, 3.63) is 35.9 Å². The van der Waals surface area contributed by atoms with Gasteiger partial charge in [-0.15, -0.1) is 0 Å². The molecule has 0 unspecified atom stereocenters. The van der Waals surface area contributed by atoms with E-state index in [1.807, 2.05) is 51.1 Å². The molecule has 3 saturated heterocycles. The van der Waals surface area contributed by atoms with Crippen molar-refractivity contribution in [1.82, 2.24) is 20.3 Å². The quantitative estimate of drug-likeness (QED) is 0.637. The minimum Gasteiger partial charge on any atom is -0.444 e. The number of nitrogens with one attached hydrogen (secondary N) is 1. The summed E-state index contributed by atoms with van der Waals surface area (Å²) in [7, 11) is 0. The van der Waals surface area contributed by atoms with E-state index in [0.29, 0.717) is 51.9 Å². The molecule has 0 aliphatic carbocycles. The predicted octanol–water partition coefficient (Wildman–Crippen LogP) is 2.83. The normalized spacial score (nSPS) is 23.3. The summed E-state index contributed by atoms with van der Waals surface area (Å²) >= 11 is 0. The van der Waals surface area contributed by atoms with Crippen molar-refractivity contribution in [2.45, 2.75) is 76.9 Å². The number of hydroxylamine groups is 3. The highest BCUT2D eigenvalue weighted by Gasteiger charge is 2.48. The Labute approximate surface area is 200 Å². The van der Waals surface area contributed by atoms with Gasteiger partial charge in [0, 0.05) is 19.6 Å². The molecule has 1 aromatic rings. The van der Waals surface area contributed by atoms with E-state index in [4.69, 9.17) is 14.4 Å². The highest BCUT2D eigenvalue weighted by atomic mass is 16.7. The fourth-order valence-electron chi connectivity index (χ4n) is 4.48. The van der Waals surface area contributed by atoms with Crippen molar-refractivity contribution in [3.63, 3.8) is 0 Å². The van der Waals surface area contributed by atoms with E-state index in [2.05, 4.69) is 5.48 Å². The number of rotatable bonds is 6. The number of carbonyl (C=O) groups excluding carboxylic acids is 3. The Hall–Kier alpha value is -2.85. The maximum absolute atomic E-state index is 12.9. The molecule has 0 aromatic heterocycles. The number of fused-ring (bicyclic) bond motifs is 2. The second-order valence-electron chi connectivity index (χ2n) is 10.0. The molecule has 2 atom stereocenters. The Kier molecular flexibility index (Phi) is 7.27. The number of benzene rings is 1. The van der Waals surface area contributed by atoms with E-state index in [1.165, 1.54) is 5.06 Å². The molecule has 2 bridgehead atoms. The highest BCUT2D eigenvalue weighted by molar-refractivity contribution is 5.88. The van der Waals surface area contributed by atoms with Crippen LogP contribution in [0.25, 0.3) is 0 Å². The van der Waals surface area contributed by atoms with Crippen LogP contribution in [-0.2, 0) is 25.8 Å². The van der Waals surface area contributed by atoms with Crippen LogP contribution in [0.2, 0.25) is 0 Å². The zero-order valence-electron chi connectivity index (χ0n) is 20.1. The van der Waals surface area contributed by atoms with E-state index < -0.39 is 11.6 Å². The molecule has 0 radical (unpaired) electrons. The van der Waals surface area contributed by atoms with E-state index in [0.717, 1.165) is 5.56 Å². The van der Waals surface area contributed by atoms with Crippen LogP contribution in [0.5, 0.6) is 0 Å². The van der Waals surface area contributed by atoms with Crippen LogP contribution in [0, 0.1) is 0 Å². The smallest absolute Gasteiger partial charge is 0.410 e. The molecule has 4 rings (SSSR count). The predicted molar refractivity (Wildman–Crippen MR) is 122 cm³/mol. The van der Waals surface area contributed by atoms with Crippen molar-refractivity contribution in [2.75, 3.05) is 19.6 Å². The fraction of sp³-hybridized carbons (Fsp3) is 0.625. The maximum atomic E-state index is 12.9. The third-order valence-corrected chi connectivity index (χ3v) is 6.26. The zero-order valence-corrected chi connectivity index (χ0v) is 20.1. The largest absolute Gasteiger partial charge is 0.444 e. The first-order valence-corrected chi connectivity index (χ1v) is 11.9. The average molecular weight is 475 g/mol. The van der Waals surface area contributed by atoms with Gasteiger partial charge in [0.15, 0.2) is 0 Å². The third kappa shape index (κ3) is 5.79. The topological polar surface area (TPSA) is 101 Å². The Morgan fingerprint density at radius 2 is 1.76 bits per heavy atom. The van der Waals surface area contributed by atoms with Crippen molar-refractivity contribution >= 4 is 18.0 Å². The molecule has 1 aromatic carbocycles. The number of piperidine rings is 2. The second kappa shape index (κ2) is 10.2. The number of hydrogen-bond donors (Lipinski definition) is 1. The molecule has 34 heavy (non-hydrogen) atoms. The van der Waals surface area contributed by atoms with Gasteiger partial charge >= 0.3 is 12.1 Å². The van der Waals surface area contributed by atoms with Crippen LogP contribution in [0.3, 0.4) is 0 Å². The van der Waals surface area contributed by atoms with E-state index in [9.17, 15) is 14.4 Å². The van der Waals surface area contributed by atoms with E-state index in [1.54, 1.807) is 9.80 Å². The Bertz CT molecular complexity index is 881. The first-order chi connectivity index (χ1) is 16.2. The van der Waals surface area contributed by atoms with Crippen LogP contribution in [0.1, 0.15) is 52.0 Å². The van der Waals surface area contributed by atoms with Crippen molar-refractivity contribution in [3.8, 4) is 0 Å². The molecule has 1 N–H and O–H groups in total. The monoisotopic (exact) mass is 474 g/mol. The average Bonchev–Trinajstić information content (AvgIpc) is 3.05. The maximum Gasteiger partial charge on any atom is 0.410 e. The summed E-state index contributed by atoms with van der Waals surface area (Å²) in [6, 6.07) is 8.73. The van der Waals surface area contributed by atoms with Gasteiger partial charge in [0.25, 0.3) is 5.91 Å². The third-order valence-electron chi connectivity index (χ3n) is 6.26.